The van der Waals surface area contributed by atoms with Gasteiger partial charge in [0.15, 0.2) is 0 Å². The molecule has 1 heterocycles. The van der Waals surface area contributed by atoms with Gasteiger partial charge in [-0.25, -0.2) is 4.98 Å². The molecule has 0 saturated carbocycles. The highest BCUT2D eigenvalue weighted by atomic mass is 16.5. The van der Waals surface area contributed by atoms with Gasteiger partial charge in [0, 0.05) is 11.1 Å². The highest BCUT2D eigenvalue weighted by Crippen LogP contribution is 2.24. The van der Waals surface area contributed by atoms with Gasteiger partial charge in [-0.15, -0.1) is 0 Å². The monoisotopic (exact) mass is 342 g/mol. The molecule has 0 fully saturated rings. The molecule has 4 heteroatoms. The molecule has 0 atom stereocenters. The molecule has 0 amide bonds. The van der Waals surface area contributed by atoms with Gasteiger partial charge in [-0.2, -0.15) is 0 Å². The molecular weight excluding hydrogens is 324 g/mol. The molecule has 0 aliphatic rings. The number of ether oxygens (including phenoxy) is 1. The molecule has 0 aliphatic heterocycles. The molecule has 0 radical (unpaired) electrons. The van der Waals surface area contributed by atoms with Crippen molar-refractivity contribution < 1.29 is 9.53 Å². The lowest BCUT2D eigenvalue weighted by molar-refractivity contribution is 0.103. The predicted octanol–water partition coefficient (Wildman–Crippen LogP) is 4.67. The smallest absolute Gasteiger partial charge is 0.214 e. The second-order valence-electron chi connectivity index (χ2n) is 5.55. The van der Waals surface area contributed by atoms with Crippen LogP contribution in [0.1, 0.15) is 27.3 Å². The van der Waals surface area contributed by atoms with Crippen molar-refractivity contribution in [1.82, 2.24) is 9.97 Å². The van der Waals surface area contributed by atoms with Crippen LogP contribution in [0.2, 0.25) is 0 Å². The van der Waals surface area contributed by atoms with Crippen LogP contribution in [0, 0.1) is 0 Å². The van der Waals surface area contributed by atoms with E-state index in [-0.39, 0.29) is 11.5 Å². The predicted molar refractivity (Wildman–Crippen MR) is 104 cm³/mol. The van der Waals surface area contributed by atoms with E-state index in [1.807, 2.05) is 30.3 Å². The number of ketones is 1. The minimum atomic E-state index is -0.251. The number of aromatic nitrogens is 2. The highest BCUT2D eigenvalue weighted by molar-refractivity contribution is 6.11. The van der Waals surface area contributed by atoms with E-state index in [9.17, 15) is 4.79 Å². The summed E-state index contributed by atoms with van der Waals surface area (Å²) in [5.41, 5.74) is 3.37. The summed E-state index contributed by atoms with van der Waals surface area (Å²) in [6.45, 7) is 7.53. The van der Waals surface area contributed by atoms with Crippen LogP contribution in [0.15, 0.2) is 67.9 Å². The second kappa shape index (κ2) is 7.57. The zero-order valence-electron chi connectivity index (χ0n) is 14.5. The van der Waals surface area contributed by atoms with E-state index in [1.165, 1.54) is 6.08 Å². The molecule has 4 nitrogen and oxygen atoms in total. The summed E-state index contributed by atoms with van der Waals surface area (Å²) in [7, 11) is 1.56. The van der Waals surface area contributed by atoms with Crippen molar-refractivity contribution in [2.75, 3.05) is 7.11 Å². The number of hydrogen-bond donors (Lipinski definition) is 0. The fourth-order valence-corrected chi connectivity index (χ4v) is 2.63. The lowest BCUT2D eigenvalue weighted by atomic mass is 9.99. The topological polar surface area (TPSA) is 52.1 Å². The molecule has 0 N–H and O–H groups in total. The minimum Gasteiger partial charge on any atom is -0.497 e. The van der Waals surface area contributed by atoms with E-state index in [1.54, 1.807) is 37.6 Å². The molecule has 0 saturated heterocycles. The number of rotatable bonds is 6. The standard InChI is InChI=1S/C22H18N2O2/c1-4-15-11-12-17(26-3)13-18(15)22(25)21-19(5-2)23-14-20(24-21)16-9-7-6-8-10-16/h4-14H,1-2H2,3H3. The van der Waals surface area contributed by atoms with Crippen LogP contribution < -0.4 is 4.74 Å². The zero-order chi connectivity index (χ0) is 18.5. The third-order valence-corrected chi connectivity index (χ3v) is 4.00. The summed E-state index contributed by atoms with van der Waals surface area (Å²) in [4.78, 5) is 22.1. The van der Waals surface area contributed by atoms with Crippen molar-refractivity contribution in [3.63, 3.8) is 0 Å². The van der Waals surface area contributed by atoms with Gasteiger partial charge < -0.3 is 4.74 Å². The van der Waals surface area contributed by atoms with Crippen LogP contribution in [-0.2, 0) is 0 Å². The molecule has 0 aliphatic carbocycles. The van der Waals surface area contributed by atoms with E-state index >= 15 is 0 Å². The summed E-state index contributed by atoms with van der Waals surface area (Å²) in [6.07, 6.45) is 4.81. The fourth-order valence-electron chi connectivity index (χ4n) is 2.63. The lowest BCUT2D eigenvalue weighted by Crippen LogP contribution is -2.10. The van der Waals surface area contributed by atoms with Crippen molar-refractivity contribution in [3.05, 3.63) is 90.4 Å². The first-order valence-electron chi connectivity index (χ1n) is 8.08. The van der Waals surface area contributed by atoms with Gasteiger partial charge in [-0.3, -0.25) is 9.78 Å². The van der Waals surface area contributed by atoms with Crippen LogP contribution >= 0.6 is 0 Å². The number of nitrogens with zero attached hydrogens (tertiary/aromatic N) is 2. The first-order chi connectivity index (χ1) is 12.7. The summed E-state index contributed by atoms with van der Waals surface area (Å²) >= 11 is 0. The number of methoxy groups -OCH3 is 1. The van der Waals surface area contributed by atoms with E-state index in [0.29, 0.717) is 28.3 Å². The molecule has 3 rings (SSSR count). The first-order valence-corrected chi connectivity index (χ1v) is 8.08. The average Bonchev–Trinajstić information content (AvgIpc) is 2.72. The van der Waals surface area contributed by atoms with Crippen LogP contribution in [0.3, 0.4) is 0 Å². The third kappa shape index (κ3) is 3.30. The van der Waals surface area contributed by atoms with E-state index in [2.05, 4.69) is 23.1 Å². The maximum Gasteiger partial charge on any atom is 0.214 e. The summed E-state index contributed by atoms with van der Waals surface area (Å²) < 4.78 is 5.25. The van der Waals surface area contributed by atoms with E-state index < -0.39 is 0 Å². The molecule has 0 unspecified atom stereocenters. The number of hydrogen-bond acceptors (Lipinski definition) is 4. The maximum absolute atomic E-state index is 13.2. The fraction of sp³-hybridized carbons (Fsp3) is 0.0455. The minimum absolute atomic E-state index is 0.248. The second-order valence-corrected chi connectivity index (χ2v) is 5.55. The Morgan fingerprint density at radius 1 is 1.08 bits per heavy atom. The molecule has 3 aromatic rings. The van der Waals surface area contributed by atoms with Crippen molar-refractivity contribution in [2.45, 2.75) is 0 Å². The Hall–Kier alpha value is -3.53. The van der Waals surface area contributed by atoms with Gasteiger partial charge in [0.1, 0.15) is 11.4 Å². The van der Waals surface area contributed by atoms with Gasteiger partial charge in [0.2, 0.25) is 5.78 Å². The zero-order valence-corrected chi connectivity index (χ0v) is 14.5. The van der Waals surface area contributed by atoms with E-state index in [0.717, 1.165) is 5.56 Å². The van der Waals surface area contributed by atoms with Gasteiger partial charge in [0.25, 0.3) is 0 Å². The van der Waals surface area contributed by atoms with Crippen LogP contribution in [0.4, 0.5) is 0 Å². The van der Waals surface area contributed by atoms with Crippen molar-refractivity contribution in [3.8, 4) is 17.0 Å². The summed E-state index contributed by atoms with van der Waals surface area (Å²) in [5, 5.41) is 0. The number of carbonyl (C=O) groups excluding carboxylic acids is 1. The lowest BCUT2D eigenvalue weighted by Gasteiger charge is -2.10. The average molecular weight is 342 g/mol. The van der Waals surface area contributed by atoms with Gasteiger partial charge in [-0.05, 0) is 23.8 Å². The Morgan fingerprint density at radius 2 is 1.85 bits per heavy atom. The van der Waals surface area contributed by atoms with E-state index in [4.69, 9.17) is 4.74 Å². The molecule has 128 valence electrons. The SMILES string of the molecule is C=Cc1ccc(OC)cc1C(=O)c1nc(-c2ccccc2)cnc1C=C. The molecule has 0 spiro atoms. The Bertz CT molecular complexity index is 979. The van der Waals surface area contributed by atoms with Crippen molar-refractivity contribution in [2.24, 2.45) is 0 Å². The largest absolute Gasteiger partial charge is 0.497 e. The number of carbonyl (C=O) groups is 1. The van der Waals surface area contributed by atoms with Crippen LogP contribution in [0.25, 0.3) is 23.4 Å². The van der Waals surface area contributed by atoms with Crippen molar-refractivity contribution in [1.29, 1.82) is 0 Å². The van der Waals surface area contributed by atoms with Gasteiger partial charge >= 0.3 is 0 Å². The quantitative estimate of drug-likeness (QED) is 0.611. The van der Waals surface area contributed by atoms with Crippen LogP contribution in [0.5, 0.6) is 5.75 Å². The summed E-state index contributed by atoms with van der Waals surface area (Å²) in [6, 6.07) is 14.9. The molecule has 1 aromatic heterocycles. The van der Waals surface area contributed by atoms with Gasteiger partial charge in [-0.1, -0.05) is 55.6 Å². The first kappa shape index (κ1) is 17.3. The normalized spacial score (nSPS) is 10.2. The molecule has 26 heavy (non-hydrogen) atoms. The molecular formula is C22H18N2O2. The Morgan fingerprint density at radius 3 is 2.50 bits per heavy atom. The highest BCUT2D eigenvalue weighted by Gasteiger charge is 2.19. The maximum atomic E-state index is 13.2. The van der Waals surface area contributed by atoms with Gasteiger partial charge in [0.05, 0.1) is 24.7 Å². The Labute approximate surface area is 152 Å². The molecule has 0 bridgehead atoms. The molecule has 2 aromatic carbocycles. The van der Waals surface area contributed by atoms with Crippen molar-refractivity contribution >= 4 is 17.9 Å². The third-order valence-electron chi connectivity index (χ3n) is 4.00. The Balaban J connectivity index is 2.15. The summed E-state index contributed by atoms with van der Waals surface area (Å²) in [5.74, 6) is 0.338. The number of benzene rings is 2. The van der Waals surface area contributed by atoms with Crippen LogP contribution in [-0.4, -0.2) is 22.9 Å². The Kier molecular flexibility index (Phi) is 5.04.